The van der Waals surface area contributed by atoms with E-state index < -0.39 is 5.82 Å². The lowest BCUT2D eigenvalue weighted by molar-refractivity contribution is 0.112. The minimum Gasteiger partial charge on any atom is -0.481 e. The third kappa shape index (κ3) is 2.15. The molecule has 17 heavy (non-hydrogen) atoms. The number of hydrogen-bond donors (Lipinski definition) is 0. The van der Waals surface area contributed by atoms with Crippen LogP contribution in [0.2, 0.25) is 0 Å². The SMILES string of the molecule is COc1ncccc1-c1ccc(C=O)c(F)c1. The van der Waals surface area contributed by atoms with Crippen molar-refractivity contribution in [1.29, 1.82) is 0 Å². The van der Waals surface area contributed by atoms with Gasteiger partial charge in [0.15, 0.2) is 6.29 Å². The molecule has 0 aliphatic rings. The molecule has 3 nitrogen and oxygen atoms in total. The van der Waals surface area contributed by atoms with Gasteiger partial charge in [-0.3, -0.25) is 4.79 Å². The van der Waals surface area contributed by atoms with Crippen LogP contribution in [0.25, 0.3) is 11.1 Å². The number of hydrogen-bond acceptors (Lipinski definition) is 3. The van der Waals surface area contributed by atoms with E-state index >= 15 is 0 Å². The summed E-state index contributed by atoms with van der Waals surface area (Å²) in [5.74, 6) is -0.130. The molecule has 0 bridgehead atoms. The summed E-state index contributed by atoms with van der Waals surface area (Å²) in [7, 11) is 1.50. The summed E-state index contributed by atoms with van der Waals surface area (Å²) in [6.45, 7) is 0. The Labute approximate surface area is 97.9 Å². The Balaban J connectivity index is 2.53. The van der Waals surface area contributed by atoms with Crippen molar-refractivity contribution >= 4 is 6.29 Å². The quantitative estimate of drug-likeness (QED) is 0.762. The molecule has 1 aromatic heterocycles. The Bertz CT molecular complexity index is 555. The van der Waals surface area contributed by atoms with Crippen LogP contribution in [0, 0.1) is 5.82 Å². The van der Waals surface area contributed by atoms with Crippen molar-refractivity contribution in [2.45, 2.75) is 0 Å². The summed E-state index contributed by atoms with van der Waals surface area (Å²) in [5.41, 5.74) is 1.35. The molecule has 2 aromatic rings. The average molecular weight is 231 g/mol. The lowest BCUT2D eigenvalue weighted by Crippen LogP contribution is -1.93. The van der Waals surface area contributed by atoms with E-state index in [1.54, 1.807) is 24.4 Å². The number of rotatable bonds is 3. The number of aldehydes is 1. The molecule has 0 aliphatic carbocycles. The maximum absolute atomic E-state index is 13.5. The summed E-state index contributed by atoms with van der Waals surface area (Å²) >= 11 is 0. The van der Waals surface area contributed by atoms with Gasteiger partial charge in [-0.25, -0.2) is 9.37 Å². The van der Waals surface area contributed by atoms with Gasteiger partial charge < -0.3 is 4.74 Å². The number of aromatic nitrogens is 1. The smallest absolute Gasteiger partial charge is 0.221 e. The first kappa shape index (κ1) is 11.3. The van der Waals surface area contributed by atoms with Gasteiger partial charge in [-0.15, -0.1) is 0 Å². The van der Waals surface area contributed by atoms with Crippen LogP contribution in [-0.2, 0) is 0 Å². The number of methoxy groups -OCH3 is 1. The topological polar surface area (TPSA) is 39.2 Å². The van der Waals surface area contributed by atoms with Gasteiger partial charge in [0.1, 0.15) is 5.82 Å². The second-order valence-electron chi connectivity index (χ2n) is 3.41. The highest BCUT2D eigenvalue weighted by atomic mass is 19.1. The molecule has 0 saturated carbocycles. The average Bonchev–Trinajstić information content (AvgIpc) is 2.38. The zero-order chi connectivity index (χ0) is 12.3. The Kier molecular flexibility index (Phi) is 3.14. The third-order valence-corrected chi connectivity index (χ3v) is 2.40. The van der Waals surface area contributed by atoms with Gasteiger partial charge in [-0.1, -0.05) is 6.07 Å². The van der Waals surface area contributed by atoms with Crippen LogP contribution in [0.4, 0.5) is 4.39 Å². The lowest BCUT2D eigenvalue weighted by Gasteiger charge is -2.07. The summed E-state index contributed by atoms with van der Waals surface area (Å²) in [6, 6.07) is 7.91. The first-order chi connectivity index (χ1) is 8.26. The van der Waals surface area contributed by atoms with Crippen LogP contribution < -0.4 is 4.74 Å². The van der Waals surface area contributed by atoms with Crippen LogP contribution in [-0.4, -0.2) is 18.4 Å². The predicted octanol–water partition coefficient (Wildman–Crippen LogP) is 2.71. The van der Waals surface area contributed by atoms with Crippen LogP contribution in [0.3, 0.4) is 0 Å². The van der Waals surface area contributed by atoms with Crippen LogP contribution in [0.1, 0.15) is 10.4 Å². The number of halogens is 1. The summed E-state index contributed by atoms with van der Waals surface area (Å²) < 4.78 is 18.6. The Hall–Kier alpha value is -2.23. The first-order valence-corrected chi connectivity index (χ1v) is 5.00. The molecule has 0 N–H and O–H groups in total. The standard InChI is InChI=1S/C13H10FNO2/c1-17-13-11(3-2-6-15-13)9-4-5-10(8-16)12(14)7-9/h2-8H,1H3. The van der Waals surface area contributed by atoms with Crippen molar-refractivity contribution < 1.29 is 13.9 Å². The minimum absolute atomic E-state index is 0.0385. The fourth-order valence-electron chi connectivity index (χ4n) is 1.56. The highest BCUT2D eigenvalue weighted by Gasteiger charge is 2.09. The van der Waals surface area contributed by atoms with E-state index in [2.05, 4.69) is 4.98 Å². The van der Waals surface area contributed by atoms with E-state index in [9.17, 15) is 9.18 Å². The lowest BCUT2D eigenvalue weighted by atomic mass is 10.0. The molecule has 0 amide bonds. The fourth-order valence-corrected chi connectivity index (χ4v) is 1.56. The monoisotopic (exact) mass is 231 g/mol. The largest absolute Gasteiger partial charge is 0.481 e. The molecule has 0 atom stereocenters. The van der Waals surface area contributed by atoms with Crippen LogP contribution in [0.5, 0.6) is 5.88 Å². The normalized spacial score (nSPS) is 10.0. The van der Waals surface area contributed by atoms with Crippen molar-refractivity contribution in [3.05, 3.63) is 47.9 Å². The van der Waals surface area contributed by atoms with E-state index in [4.69, 9.17) is 4.74 Å². The molecular formula is C13H10FNO2. The predicted molar refractivity (Wildman–Crippen MR) is 61.6 cm³/mol. The number of carbonyl (C=O) groups excluding carboxylic acids is 1. The first-order valence-electron chi connectivity index (χ1n) is 5.00. The van der Waals surface area contributed by atoms with Gasteiger partial charge in [0, 0.05) is 11.8 Å². The van der Waals surface area contributed by atoms with Crippen molar-refractivity contribution in [3.63, 3.8) is 0 Å². The van der Waals surface area contributed by atoms with Crippen molar-refractivity contribution in [3.8, 4) is 17.0 Å². The molecule has 0 spiro atoms. The number of benzene rings is 1. The maximum Gasteiger partial charge on any atom is 0.221 e. The maximum atomic E-state index is 13.5. The van der Waals surface area contributed by atoms with Gasteiger partial charge >= 0.3 is 0 Å². The van der Waals surface area contributed by atoms with E-state index in [0.717, 1.165) is 0 Å². The van der Waals surface area contributed by atoms with Crippen molar-refractivity contribution in [2.75, 3.05) is 7.11 Å². The molecule has 4 heteroatoms. The number of pyridine rings is 1. The highest BCUT2D eigenvalue weighted by Crippen LogP contribution is 2.28. The van der Waals surface area contributed by atoms with Gasteiger partial charge in [-0.05, 0) is 29.8 Å². The fraction of sp³-hybridized carbons (Fsp3) is 0.0769. The molecule has 0 saturated heterocycles. The summed E-state index contributed by atoms with van der Waals surface area (Å²) in [4.78, 5) is 14.6. The van der Waals surface area contributed by atoms with Gasteiger partial charge in [0.25, 0.3) is 0 Å². The van der Waals surface area contributed by atoms with Crippen LogP contribution >= 0.6 is 0 Å². The second-order valence-corrected chi connectivity index (χ2v) is 3.41. The zero-order valence-corrected chi connectivity index (χ0v) is 9.18. The number of nitrogens with zero attached hydrogens (tertiary/aromatic N) is 1. The van der Waals surface area contributed by atoms with Gasteiger partial charge in [0.05, 0.1) is 12.7 Å². The number of ether oxygens (including phenoxy) is 1. The van der Waals surface area contributed by atoms with E-state index in [-0.39, 0.29) is 5.56 Å². The minimum atomic E-state index is -0.552. The van der Waals surface area contributed by atoms with E-state index in [1.165, 1.54) is 19.2 Å². The molecule has 1 heterocycles. The Morgan fingerprint density at radius 3 is 2.82 bits per heavy atom. The molecule has 0 fully saturated rings. The summed E-state index contributed by atoms with van der Waals surface area (Å²) in [5, 5.41) is 0. The molecule has 0 aliphatic heterocycles. The third-order valence-electron chi connectivity index (χ3n) is 2.40. The summed E-state index contributed by atoms with van der Waals surface area (Å²) in [6.07, 6.45) is 2.08. The van der Waals surface area contributed by atoms with E-state index in [0.29, 0.717) is 23.3 Å². The number of carbonyl (C=O) groups is 1. The van der Waals surface area contributed by atoms with E-state index in [1.807, 2.05) is 0 Å². The second kappa shape index (κ2) is 4.74. The Morgan fingerprint density at radius 2 is 2.18 bits per heavy atom. The zero-order valence-electron chi connectivity index (χ0n) is 9.18. The Morgan fingerprint density at radius 1 is 1.35 bits per heavy atom. The molecule has 2 rings (SSSR count). The van der Waals surface area contributed by atoms with Crippen LogP contribution in [0.15, 0.2) is 36.5 Å². The van der Waals surface area contributed by atoms with Crippen molar-refractivity contribution in [2.24, 2.45) is 0 Å². The van der Waals surface area contributed by atoms with Crippen molar-refractivity contribution in [1.82, 2.24) is 4.98 Å². The highest BCUT2D eigenvalue weighted by molar-refractivity contribution is 5.78. The molecule has 86 valence electrons. The molecule has 1 aromatic carbocycles. The molecule has 0 radical (unpaired) electrons. The van der Waals surface area contributed by atoms with Gasteiger partial charge in [-0.2, -0.15) is 0 Å². The molecular weight excluding hydrogens is 221 g/mol. The van der Waals surface area contributed by atoms with Gasteiger partial charge in [0.2, 0.25) is 5.88 Å². The molecule has 0 unspecified atom stereocenters.